The first-order valence-corrected chi connectivity index (χ1v) is 3.64. The van der Waals surface area contributed by atoms with Crippen LogP contribution in [0.5, 0.6) is 0 Å². The van der Waals surface area contributed by atoms with Crippen LogP contribution in [0.4, 0.5) is 0 Å². The quantitative estimate of drug-likeness (QED) is 0.471. The molecule has 0 spiro atoms. The minimum atomic E-state index is 0.124. The van der Waals surface area contributed by atoms with Crippen molar-refractivity contribution >= 4 is 0 Å². The highest BCUT2D eigenvalue weighted by Gasteiger charge is 2.36. The summed E-state index contributed by atoms with van der Waals surface area (Å²) < 4.78 is 5.13. The van der Waals surface area contributed by atoms with E-state index < -0.39 is 0 Å². The first kappa shape index (κ1) is 7.76. The maximum Gasteiger partial charge on any atom is 0.107 e. The molecule has 10 heavy (non-hydrogen) atoms. The van der Waals surface area contributed by atoms with Crippen molar-refractivity contribution in [3.63, 3.8) is 0 Å². The largest absolute Gasteiger partial charge is 0.394 e. The van der Waals surface area contributed by atoms with E-state index in [1.165, 1.54) is 5.57 Å². The Morgan fingerprint density at radius 2 is 2.30 bits per heavy atom. The SMILES string of the molecule is C=C(C)CC[C@H]1O[C@H]1CO. The fraction of sp³-hybridized carbons (Fsp3) is 0.750. The van der Waals surface area contributed by atoms with Crippen molar-refractivity contribution < 1.29 is 9.84 Å². The average molecular weight is 142 g/mol. The van der Waals surface area contributed by atoms with Crippen LogP contribution in [0, 0.1) is 0 Å². The number of rotatable bonds is 4. The highest BCUT2D eigenvalue weighted by Crippen LogP contribution is 2.26. The Morgan fingerprint density at radius 1 is 1.60 bits per heavy atom. The van der Waals surface area contributed by atoms with Crippen molar-refractivity contribution in [2.75, 3.05) is 6.61 Å². The van der Waals surface area contributed by atoms with Gasteiger partial charge in [-0.3, -0.25) is 0 Å². The average Bonchev–Trinajstić information content (AvgIpc) is 2.61. The molecule has 0 aromatic heterocycles. The van der Waals surface area contributed by atoms with E-state index >= 15 is 0 Å². The first-order valence-electron chi connectivity index (χ1n) is 3.64. The highest BCUT2D eigenvalue weighted by atomic mass is 16.6. The van der Waals surface area contributed by atoms with Crippen molar-refractivity contribution in [1.29, 1.82) is 0 Å². The van der Waals surface area contributed by atoms with E-state index in [-0.39, 0.29) is 12.7 Å². The minimum absolute atomic E-state index is 0.124. The fourth-order valence-electron chi connectivity index (χ4n) is 0.982. The third-order valence-electron chi connectivity index (χ3n) is 1.72. The molecule has 1 saturated heterocycles. The molecule has 58 valence electrons. The Bertz CT molecular complexity index is 131. The van der Waals surface area contributed by atoms with Gasteiger partial charge in [0.05, 0.1) is 12.7 Å². The van der Waals surface area contributed by atoms with Crippen LogP contribution in [0.1, 0.15) is 19.8 Å². The van der Waals surface area contributed by atoms with E-state index in [0.717, 1.165) is 12.8 Å². The van der Waals surface area contributed by atoms with Gasteiger partial charge in [0, 0.05) is 0 Å². The zero-order valence-electron chi connectivity index (χ0n) is 6.34. The summed E-state index contributed by atoms with van der Waals surface area (Å²) in [5.74, 6) is 0. The number of allylic oxidation sites excluding steroid dienone is 1. The lowest BCUT2D eigenvalue weighted by Gasteiger charge is -1.93. The number of hydrogen-bond acceptors (Lipinski definition) is 2. The van der Waals surface area contributed by atoms with E-state index in [2.05, 4.69) is 6.58 Å². The lowest BCUT2D eigenvalue weighted by atomic mass is 10.1. The second-order valence-corrected chi connectivity index (χ2v) is 2.89. The minimum Gasteiger partial charge on any atom is -0.394 e. The number of epoxide rings is 1. The van der Waals surface area contributed by atoms with Crippen molar-refractivity contribution in [3.05, 3.63) is 12.2 Å². The van der Waals surface area contributed by atoms with E-state index in [0.29, 0.717) is 6.10 Å². The third-order valence-corrected chi connectivity index (χ3v) is 1.72. The summed E-state index contributed by atoms with van der Waals surface area (Å²) in [6, 6.07) is 0. The molecule has 1 aliphatic rings. The van der Waals surface area contributed by atoms with E-state index in [9.17, 15) is 0 Å². The van der Waals surface area contributed by atoms with Crippen LogP contribution in [0.3, 0.4) is 0 Å². The molecule has 1 N–H and O–H groups in total. The van der Waals surface area contributed by atoms with Crippen molar-refractivity contribution in [2.24, 2.45) is 0 Å². The van der Waals surface area contributed by atoms with Crippen molar-refractivity contribution in [1.82, 2.24) is 0 Å². The predicted octanol–water partition coefficient (Wildman–Crippen LogP) is 1.10. The molecular weight excluding hydrogens is 128 g/mol. The summed E-state index contributed by atoms with van der Waals surface area (Å²) in [4.78, 5) is 0. The molecule has 2 heteroatoms. The van der Waals surface area contributed by atoms with Crippen molar-refractivity contribution in [2.45, 2.75) is 32.0 Å². The molecule has 1 fully saturated rings. The maximum atomic E-state index is 8.59. The number of aliphatic hydroxyl groups excluding tert-OH is 1. The smallest absolute Gasteiger partial charge is 0.107 e. The van der Waals surface area contributed by atoms with Gasteiger partial charge in [-0.05, 0) is 19.8 Å². The normalized spacial score (nSPS) is 30.2. The van der Waals surface area contributed by atoms with Crippen LogP contribution in [-0.4, -0.2) is 23.9 Å². The Hall–Kier alpha value is -0.340. The topological polar surface area (TPSA) is 32.8 Å². The van der Waals surface area contributed by atoms with Gasteiger partial charge in [0.25, 0.3) is 0 Å². The maximum absolute atomic E-state index is 8.59. The van der Waals surface area contributed by atoms with Crippen LogP contribution >= 0.6 is 0 Å². The van der Waals surface area contributed by atoms with Gasteiger partial charge in [-0.15, -0.1) is 6.58 Å². The van der Waals surface area contributed by atoms with Crippen molar-refractivity contribution in [3.8, 4) is 0 Å². The summed E-state index contributed by atoms with van der Waals surface area (Å²) in [7, 11) is 0. The summed E-state index contributed by atoms with van der Waals surface area (Å²) >= 11 is 0. The highest BCUT2D eigenvalue weighted by molar-refractivity contribution is 4.93. The molecule has 0 unspecified atom stereocenters. The van der Waals surface area contributed by atoms with Gasteiger partial charge < -0.3 is 9.84 Å². The van der Waals surface area contributed by atoms with Crippen LogP contribution < -0.4 is 0 Å². The van der Waals surface area contributed by atoms with Gasteiger partial charge in [0.1, 0.15) is 6.10 Å². The number of ether oxygens (including phenoxy) is 1. The molecule has 2 nitrogen and oxygen atoms in total. The predicted molar refractivity (Wildman–Crippen MR) is 39.8 cm³/mol. The van der Waals surface area contributed by atoms with Gasteiger partial charge in [0.2, 0.25) is 0 Å². The Labute approximate surface area is 61.5 Å². The van der Waals surface area contributed by atoms with Gasteiger partial charge in [-0.25, -0.2) is 0 Å². The van der Waals surface area contributed by atoms with Crippen LogP contribution in [0.15, 0.2) is 12.2 Å². The van der Waals surface area contributed by atoms with E-state index in [1.54, 1.807) is 0 Å². The number of aliphatic hydroxyl groups is 1. The number of hydrogen-bond donors (Lipinski definition) is 1. The van der Waals surface area contributed by atoms with Gasteiger partial charge in [0.15, 0.2) is 0 Å². The molecule has 1 aliphatic heterocycles. The zero-order chi connectivity index (χ0) is 7.56. The molecule has 2 atom stereocenters. The van der Waals surface area contributed by atoms with Gasteiger partial charge in [-0.2, -0.15) is 0 Å². The third kappa shape index (κ3) is 2.12. The van der Waals surface area contributed by atoms with Crippen LogP contribution in [0.25, 0.3) is 0 Å². The molecule has 0 bridgehead atoms. The summed E-state index contributed by atoms with van der Waals surface area (Å²) in [6.07, 6.45) is 2.46. The Kier molecular flexibility index (Phi) is 2.46. The molecule has 1 heterocycles. The van der Waals surface area contributed by atoms with E-state index in [1.807, 2.05) is 6.92 Å². The molecule has 0 amide bonds. The zero-order valence-corrected chi connectivity index (χ0v) is 6.34. The Balaban J connectivity index is 2.01. The van der Waals surface area contributed by atoms with Gasteiger partial charge >= 0.3 is 0 Å². The fourth-order valence-corrected chi connectivity index (χ4v) is 0.982. The molecular formula is C8H14O2. The summed E-state index contributed by atoms with van der Waals surface area (Å²) in [6.45, 7) is 5.97. The van der Waals surface area contributed by atoms with Crippen LogP contribution in [0.2, 0.25) is 0 Å². The van der Waals surface area contributed by atoms with Crippen LogP contribution in [-0.2, 0) is 4.74 Å². The lowest BCUT2D eigenvalue weighted by molar-refractivity contribution is 0.241. The van der Waals surface area contributed by atoms with Gasteiger partial charge in [-0.1, -0.05) is 5.57 Å². The first-order chi connectivity index (χ1) is 4.74. The summed E-state index contributed by atoms with van der Waals surface area (Å²) in [5.41, 5.74) is 1.19. The second-order valence-electron chi connectivity index (χ2n) is 2.89. The molecule has 0 saturated carbocycles. The lowest BCUT2D eigenvalue weighted by Crippen LogP contribution is -1.98. The monoisotopic (exact) mass is 142 g/mol. The standard InChI is InChI=1S/C8H14O2/c1-6(2)3-4-7-8(5-9)10-7/h7-9H,1,3-5H2,2H3/t7-,8+/m1/s1. The second kappa shape index (κ2) is 3.17. The molecule has 0 aromatic rings. The molecule has 1 rings (SSSR count). The summed E-state index contributed by atoms with van der Waals surface area (Å²) in [5, 5.41) is 8.59. The molecule has 0 aromatic carbocycles. The molecule has 0 radical (unpaired) electrons. The Morgan fingerprint density at radius 3 is 2.70 bits per heavy atom. The molecule has 0 aliphatic carbocycles. The van der Waals surface area contributed by atoms with E-state index in [4.69, 9.17) is 9.84 Å².